The number of aromatic nitrogens is 3. The molecule has 2 aromatic heterocycles. The highest BCUT2D eigenvalue weighted by molar-refractivity contribution is 5.18. The van der Waals surface area contributed by atoms with Gasteiger partial charge in [0.15, 0.2) is 0 Å². The van der Waals surface area contributed by atoms with Crippen molar-refractivity contribution >= 4 is 0 Å². The number of furan rings is 1. The van der Waals surface area contributed by atoms with E-state index in [1.165, 1.54) is 44.3 Å². The van der Waals surface area contributed by atoms with Crippen molar-refractivity contribution in [3.63, 3.8) is 0 Å². The molecule has 6 nitrogen and oxygen atoms in total. The van der Waals surface area contributed by atoms with Gasteiger partial charge in [-0.05, 0) is 70.8 Å². The van der Waals surface area contributed by atoms with E-state index in [4.69, 9.17) is 4.42 Å². The molecule has 1 atom stereocenters. The van der Waals surface area contributed by atoms with Crippen molar-refractivity contribution in [1.29, 1.82) is 0 Å². The summed E-state index contributed by atoms with van der Waals surface area (Å²) >= 11 is 0. The zero-order chi connectivity index (χ0) is 18.1. The van der Waals surface area contributed by atoms with Crippen LogP contribution in [0, 0.1) is 13.8 Å². The van der Waals surface area contributed by atoms with E-state index in [-0.39, 0.29) is 0 Å². The molecular weight excluding hydrogens is 326 g/mol. The Bertz CT molecular complexity index is 724. The Labute approximate surface area is 156 Å². The van der Waals surface area contributed by atoms with Crippen LogP contribution in [0.1, 0.15) is 60.3 Å². The van der Waals surface area contributed by atoms with Gasteiger partial charge < -0.3 is 8.98 Å². The molecule has 2 fully saturated rings. The van der Waals surface area contributed by atoms with Gasteiger partial charge in [0.2, 0.25) is 0 Å². The fraction of sp³-hybridized carbons (Fsp3) is 0.700. The summed E-state index contributed by atoms with van der Waals surface area (Å²) in [7, 11) is 2.14. The second-order valence-corrected chi connectivity index (χ2v) is 8.04. The first-order valence-electron chi connectivity index (χ1n) is 9.99. The third-order valence-corrected chi connectivity index (χ3v) is 6.03. The highest BCUT2D eigenvalue weighted by Gasteiger charge is 2.27. The van der Waals surface area contributed by atoms with Crippen LogP contribution in [0.4, 0.5) is 0 Å². The average Bonchev–Trinajstić information content (AvgIpc) is 3.32. The lowest BCUT2D eigenvalue weighted by atomic mass is 9.97. The van der Waals surface area contributed by atoms with Crippen LogP contribution in [0.15, 0.2) is 10.5 Å². The molecule has 0 aliphatic carbocycles. The monoisotopic (exact) mass is 357 g/mol. The fourth-order valence-electron chi connectivity index (χ4n) is 4.37. The van der Waals surface area contributed by atoms with Gasteiger partial charge in [-0.2, -0.15) is 0 Å². The van der Waals surface area contributed by atoms with Crippen LogP contribution in [0.2, 0.25) is 0 Å². The highest BCUT2D eigenvalue weighted by atomic mass is 16.3. The van der Waals surface area contributed by atoms with E-state index in [0.29, 0.717) is 5.92 Å². The molecule has 0 N–H and O–H groups in total. The van der Waals surface area contributed by atoms with E-state index in [1.807, 2.05) is 6.92 Å². The van der Waals surface area contributed by atoms with Crippen molar-refractivity contribution in [1.82, 2.24) is 24.6 Å². The van der Waals surface area contributed by atoms with Crippen LogP contribution in [0.5, 0.6) is 0 Å². The Hall–Kier alpha value is -1.66. The van der Waals surface area contributed by atoms with Gasteiger partial charge in [0.1, 0.15) is 23.2 Å². The molecule has 1 unspecified atom stereocenters. The Balaban J connectivity index is 1.41. The van der Waals surface area contributed by atoms with Gasteiger partial charge in [0, 0.05) is 19.5 Å². The van der Waals surface area contributed by atoms with Crippen LogP contribution in [-0.2, 0) is 20.1 Å². The van der Waals surface area contributed by atoms with E-state index in [9.17, 15) is 0 Å². The Morgan fingerprint density at radius 3 is 2.54 bits per heavy atom. The first-order chi connectivity index (χ1) is 12.6. The number of rotatable bonds is 5. The van der Waals surface area contributed by atoms with Crippen LogP contribution < -0.4 is 0 Å². The van der Waals surface area contributed by atoms with Gasteiger partial charge >= 0.3 is 0 Å². The molecule has 0 spiro atoms. The van der Waals surface area contributed by atoms with E-state index in [2.05, 4.69) is 44.6 Å². The van der Waals surface area contributed by atoms with E-state index < -0.39 is 0 Å². The van der Waals surface area contributed by atoms with Crippen molar-refractivity contribution in [3.8, 4) is 0 Å². The summed E-state index contributed by atoms with van der Waals surface area (Å²) in [5, 5.41) is 9.09. The minimum Gasteiger partial charge on any atom is -0.465 e. The zero-order valence-corrected chi connectivity index (χ0v) is 16.4. The number of piperidine rings is 1. The molecule has 2 aromatic rings. The molecule has 0 amide bonds. The third kappa shape index (κ3) is 3.71. The molecule has 2 aliphatic heterocycles. The number of aryl methyl sites for hydroxylation is 2. The number of nitrogens with zero attached hydrogens (tertiary/aromatic N) is 5. The van der Waals surface area contributed by atoms with Crippen molar-refractivity contribution in [2.45, 2.75) is 58.5 Å². The second kappa shape index (κ2) is 7.53. The molecule has 142 valence electrons. The smallest absolute Gasteiger partial charge is 0.146 e. The molecule has 4 heterocycles. The largest absolute Gasteiger partial charge is 0.465 e. The predicted octanol–water partition coefficient (Wildman–Crippen LogP) is 3.00. The van der Waals surface area contributed by atoms with Crippen LogP contribution in [0.25, 0.3) is 0 Å². The van der Waals surface area contributed by atoms with Gasteiger partial charge in [0.05, 0.1) is 13.1 Å². The molecule has 0 radical (unpaired) electrons. The zero-order valence-electron chi connectivity index (χ0n) is 16.4. The minimum absolute atomic E-state index is 0.464. The van der Waals surface area contributed by atoms with Gasteiger partial charge in [0.25, 0.3) is 0 Å². The second-order valence-electron chi connectivity index (χ2n) is 8.04. The topological polar surface area (TPSA) is 50.3 Å². The lowest BCUT2D eigenvalue weighted by molar-refractivity contribution is 0.181. The van der Waals surface area contributed by atoms with Crippen LogP contribution in [-0.4, -0.2) is 50.7 Å². The molecule has 26 heavy (non-hydrogen) atoms. The lowest BCUT2D eigenvalue weighted by Crippen LogP contribution is -2.34. The summed E-state index contributed by atoms with van der Waals surface area (Å²) in [5.41, 5.74) is 1.24. The summed E-state index contributed by atoms with van der Waals surface area (Å²) in [6, 6.07) is 2.18. The van der Waals surface area contributed by atoms with Crippen molar-refractivity contribution in [2.75, 3.05) is 26.2 Å². The molecule has 4 rings (SSSR count). The van der Waals surface area contributed by atoms with Gasteiger partial charge in [-0.15, -0.1) is 10.2 Å². The summed E-state index contributed by atoms with van der Waals surface area (Å²) in [6.07, 6.45) is 5.03. The molecule has 2 aliphatic rings. The van der Waals surface area contributed by atoms with Gasteiger partial charge in [-0.1, -0.05) is 0 Å². The standard InChI is InChI=1S/C20H31N5O/c1-15-11-18(26-16(15)2)13-25-10-6-7-17(12-25)20-22-21-19(23(20)3)14-24-8-4-5-9-24/h11,17H,4-10,12-14H2,1-3H3. The number of hydrogen-bond acceptors (Lipinski definition) is 5. The maximum absolute atomic E-state index is 5.88. The summed E-state index contributed by atoms with van der Waals surface area (Å²) < 4.78 is 8.12. The molecule has 0 saturated carbocycles. The maximum Gasteiger partial charge on any atom is 0.146 e. The first-order valence-corrected chi connectivity index (χ1v) is 9.99. The van der Waals surface area contributed by atoms with Crippen LogP contribution in [0.3, 0.4) is 0 Å². The van der Waals surface area contributed by atoms with Crippen molar-refractivity contribution < 1.29 is 4.42 Å². The summed E-state index contributed by atoms with van der Waals surface area (Å²) in [4.78, 5) is 4.99. The van der Waals surface area contributed by atoms with Crippen LogP contribution >= 0.6 is 0 Å². The normalized spacial score (nSPS) is 22.3. The maximum atomic E-state index is 5.88. The van der Waals surface area contributed by atoms with E-state index in [1.54, 1.807) is 0 Å². The van der Waals surface area contributed by atoms with E-state index >= 15 is 0 Å². The van der Waals surface area contributed by atoms with Crippen molar-refractivity contribution in [3.05, 3.63) is 34.8 Å². The van der Waals surface area contributed by atoms with E-state index in [0.717, 1.165) is 49.3 Å². The van der Waals surface area contributed by atoms with Gasteiger partial charge in [-0.3, -0.25) is 9.80 Å². The molecule has 0 aromatic carbocycles. The summed E-state index contributed by atoms with van der Waals surface area (Å²) in [6.45, 7) is 10.5. The average molecular weight is 358 g/mol. The number of likely N-dealkylation sites (tertiary alicyclic amines) is 2. The Kier molecular flexibility index (Phi) is 5.14. The fourth-order valence-corrected chi connectivity index (χ4v) is 4.37. The number of hydrogen-bond donors (Lipinski definition) is 0. The molecule has 6 heteroatoms. The lowest BCUT2D eigenvalue weighted by Gasteiger charge is -2.31. The summed E-state index contributed by atoms with van der Waals surface area (Å²) in [5.74, 6) is 4.83. The predicted molar refractivity (Wildman–Crippen MR) is 101 cm³/mol. The van der Waals surface area contributed by atoms with Gasteiger partial charge in [-0.25, -0.2) is 0 Å². The Morgan fingerprint density at radius 1 is 1.04 bits per heavy atom. The third-order valence-electron chi connectivity index (χ3n) is 6.03. The molecule has 0 bridgehead atoms. The Morgan fingerprint density at radius 2 is 1.81 bits per heavy atom. The first kappa shape index (κ1) is 17.7. The highest BCUT2D eigenvalue weighted by Crippen LogP contribution is 2.27. The van der Waals surface area contributed by atoms with Crippen molar-refractivity contribution in [2.24, 2.45) is 7.05 Å². The minimum atomic E-state index is 0.464. The quantitative estimate of drug-likeness (QED) is 0.823. The molecule has 2 saturated heterocycles. The SMILES string of the molecule is Cc1cc(CN2CCCC(c3nnc(CN4CCCC4)n3C)C2)oc1C. The molecular formula is C20H31N5O.